The van der Waals surface area contributed by atoms with Crippen molar-refractivity contribution in [2.75, 3.05) is 13.1 Å². The molecule has 0 saturated carbocycles. The molecule has 4 heteroatoms. The molecule has 1 aromatic rings. The predicted molar refractivity (Wildman–Crippen MR) is 80.8 cm³/mol. The molecule has 0 spiro atoms. The van der Waals surface area contributed by atoms with Gasteiger partial charge in [-0.25, -0.2) is 0 Å². The SMILES string of the molecule is Cc1ccccc1CCC(=O)NC1CCNCC1.Cl. The Kier molecular flexibility index (Phi) is 6.89. The summed E-state index contributed by atoms with van der Waals surface area (Å²) < 4.78 is 0. The van der Waals surface area contributed by atoms with Gasteiger partial charge in [0, 0.05) is 12.5 Å². The van der Waals surface area contributed by atoms with Gasteiger partial charge in [-0.05, 0) is 50.4 Å². The van der Waals surface area contributed by atoms with Gasteiger partial charge in [-0.2, -0.15) is 0 Å². The van der Waals surface area contributed by atoms with Gasteiger partial charge in [0.15, 0.2) is 0 Å². The summed E-state index contributed by atoms with van der Waals surface area (Å²) in [5.41, 5.74) is 2.55. The summed E-state index contributed by atoms with van der Waals surface area (Å²) >= 11 is 0. The van der Waals surface area contributed by atoms with Crippen LogP contribution < -0.4 is 10.6 Å². The topological polar surface area (TPSA) is 41.1 Å². The lowest BCUT2D eigenvalue weighted by molar-refractivity contribution is -0.121. The van der Waals surface area contributed by atoms with Gasteiger partial charge in [-0.15, -0.1) is 12.4 Å². The predicted octanol–water partition coefficient (Wildman–Crippen LogP) is 2.22. The summed E-state index contributed by atoms with van der Waals surface area (Å²) in [7, 11) is 0. The fourth-order valence-electron chi connectivity index (χ4n) is 2.40. The number of halogens is 1. The highest BCUT2D eigenvalue weighted by Gasteiger charge is 2.15. The number of piperidine rings is 1. The molecule has 0 atom stereocenters. The molecule has 1 heterocycles. The first kappa shape index (κ1) is 16.0. The zero-order valence-corrected chi connectivity index (χ0v) is 12.3. The highest BCUT2D eigenvalue weighted by molar-refractivity contribution is 5.85. The minimum Gasteiger partial charge on any atom is -0.353 e. The van der Waals surface area contributed by atoms with Gasteiger partial charge in [0.1, 0.15) is 0 Å². The third kappa shape index (κ3) is 5.21. The van der Waals surface area contributed by atoms with Gasteiger partial charge in [0.2, 0.25) is 5.91 Å². The summed E-state index contributed by atoms with van der Waals surface area (Å²) in [5.74, 6) is 0.185. The Morgan fingerprint density at radius 3 is 2.68 bits per heavy atom. The third-order valence-electron chi connectivity index (χ3n) is 3.59. The van der Waals surface area contributed by atoms with Crippen molar-refractivity contribution in [1.82, 2.24) is 10.6 Å². The third-order valence-corrected chi connectivity index (χ3v) is 3.59. The van der Waals surface area contributed by atoms with Gasteiger partial charge in [0.05, 0.1) is 0 Å². The number of aryl methyl sites for hydroxylation is 2. The molecule has 1 aromatic carbocycles. The number of hydrogen-bond donors (Lipinski definition) is 2. The molecule has 0 unspecified atom stereocenters. The Balaban J connectivity index is 0.00000180. The van der Waals surface area contributed by atoms with Gasteiger partial charge in [-0.3, -0.25) is 4.79 Å². The lowest BCUT2D eigenvalue weighted by Crippen LogP contribution is -2.42. The number of amides is 1. The number of hydrogen-bond acceptors (Lipinski definition) is 2. The zero-order chi connectivity index (χ0) is 12.8. The maximum Gasteiger partial charge on any atom is 0.220 e. The maximum absolute atomic E-state index is 11.9. The molecule has 2 N–H and O–H groups in total. The quantitative estimate of drug-likeness (QED) is 0.889. The summed E-state index contributed by atoms with van der Waals surface area (Å²) in [4.78, 5) is 11.9. The average Bonchev–Trinajstić information content (AvgIpc) is 2.39. The molecule has 0 radical (unpaired) electrons. The molecule has 2 rings (SSSR count). The molecule has 0 bridgehead atoms. The number of nitrogens with one attached hydrogen (secondary N) is 2. The number of rotatable bonds is 4. The maximum atomic E-state index is 11.9. The molecule has 1 aliphatic rings. The Labute approximate surface area is 121 Å². The molecule has 3 nitrogen and oxygen atoms in total. The summed E-state index contributed by atoms with van der Waals surface area (Å²) in [6.07, 6.45) is 3.53. The molecule has 0 aliphatic carbocycles. The van der Waals surface area contributed by atoms with E-state index in [1.54, 1.807) is 0 Å². The van der Waals surface area contributed by atoms with E-state index in [9.17, 15) is 4.79 Å². The smallest absolute Gasteiger partial charge is 0.220 e. The second-order valence-corrected chi connectivity index (χ2v) is 5.02. The average molecular weight is 283 g/mol. The van der Waals surface area contributed by atoms with Crippen molar-refractivity contribution < 1.29 is 4.79 Å². The van der Waals surface area contributed by atoms with Crippen molar-refractivity contribution >= 4 is 18.3 Å². The van der Waals surface area contributed by atoms with Crippen LogP contribution in [0.5, 0.6) is 0 Å². The highest BCUT2D eigenvalue weighted by atomic mass is 35.5. The molecule has 19 heavy (non-hydrogen) atoms. The molecule has 1 saturated heterocycles. The van der Waals surface area contributed by atoms with E-state index < -0.39 is 0 Å². The molecule has 1 aliphatic heterocycles. The highest BCUT2D eigenvalue weighted by Crippen LogP contribution is 2.10. The van der Waals surface area contributed by atoms with Crippen molar-refractivity contribution in [3.05, 3.63) is 35.4 Å². The fraction of sp³-hybridized carbons (Fsp3) is 0.533. The van der Waals surface area contributed by atoms with Crippen LogP contribution in [0.25, 0.3) is 0 Å². The van der Waals surface area contributed by atoms with E-state index in [0.29, 0.717) is 12.5 Å². The van der Waals surface area contributed by atoms with E-state index in [4.69, 9.17) is 0 Å². The summed E-state index contributed by atoms with van der Waals surface area (Å²) in [6.45, 7) is 4.13. The summed E-state index contributed by atoms with van der Waals surface area (Å²) in [6, 6.07) is 8.64. The van der Waals surface area contributed by atoms with Crippen molar-refractivity contribution in [1.29, 1.82) is 0 Å². The van der Waals surface area contributed by atoms with E-state index in [1.165, 1.54) is 11.1 Å². The molecule has 1 fully saturated rings. The van der Waals surface area contributed by atoms with E-state index in [-0.39, 0.29) is 18.3 Å². The van der Waals surface area contributed by atoms with Crippen LogP contribution in [-0.4, -0.2) is 25.0 Å². The van der Waals surface area contributed by atoms with Crippen molar-refractivity contribution in [3.63, 3.8) is 0 Å². The minimum atomic E-state index is 0. The van der Waals surface area contributed by atoms with E-state index in [1.807, 2.05) is 12.1 Å². The molecule has 0 aromatic heterocycles. The second-order valence-electron chi connectivity index (χ2n) is 5.02. The van der Waals surface area contributed by atoms with Crippen molar-refractivity contribution in [2.45, 2.75) is 38.6 Å². The van der Waals surface area contributed by atoms with Gasteiger partial charge < -0.3 is 10.6 Å². The van der Waals surface area contributed by atoms with Crippen LogP contribution in [-0.2, 0) is 11.2 Å². The monoisotopic (exact) mass is 282 g/mol. The number of carbonyl (C=O) groups is 1. The Bertz CT molecular complexity index is 403. The minimum absolute atomic E-state index is 0. The number of carbonyl (C=O) groups excluding carboxylic acids is 1. The van der Waals surface area contributed by atoms with Gasteiger partial charge in [-0.1, -0.05) is 24.3 Å². The first-order valence-electron chi connectivity index (χ1n) is 6.80. The van der Waals surface area contributed by atoms with E-state index >= 15 is 0 Å². The van der Waals surface area contributed by atoms with Crippen LogP contribution in [0.15, 0.2) is 24.3 Å². The Hall–Kier alpha value is -1.06. The van der Waals surface area contributed by atoms with Crippen LogP contribution in [0.2, 0.25) is 0 Å². The van der Waals surface area contributed by atoms with Crippen LogP contribution in [0.1, 0.15) is 30.4 Å². The first-order valence-corrected chi connectivity index (χ1v) is 6.80. The van der Waals surface area contributed by atoms with Crippen LogP contribution >= 0.6 is 12.4 Å². The summed E-state index contributed by atoms with van der Waals surface area (Å²) in [5, 5.41) is 6.43. The first-order chi connectivity index (χ1) is 8.75. The van der Waals surface area contributed by atoms with Crippen LogP contribution in [0, 0.1) is 6.92 Å². The number of benzene rings is 1. The molecule has 1 amide bonds. The normalized spacial score (nSPS) is 15.6. The lowest BCUT2D eigenvalue weighted by atomic mass is 10.0. The van der Waals surface area contributed by atoms with Crippen LogP contribution in [0.3, 0.4) is 0 Å². The zero-order valence-electron chi connectivity index (χ0n) is 11.4. The lowest BCUT2D eigenvalue weighted by Gasteiger charge is -2.23. The van der Waals surface area contributed by atoms with E-state index in [0.717, 1.165) is 32.4 Å². The van der Waals surface area contributed by atoms with Gasteiger partial charge >= 0.3 is 0 Å². The standard InChI is InChI=1S/C15H22N2O.ClH/c1-12-4-2-3-5-13(12)6-7-15(18)17-14-8-10-16-11-9-14;/h2-5,14,16H,6-11H2,1H3,(H,17,18);1H. The second kappa shape index (κ2) is 8.18. The molecular formula is C15H23ClN2O. The molecular weight excluding hydrogens is 260 g/mol. The van der Waals surface area contributed by atoms with Crippen molar-refractivity contribution in [3.8, 4) is 0 Å². The Morgan fingerprint density at radius 2 is 2.00 bits per heavy atom. The van der Waals surface area contributed by atoms with Gasteiger partial charge in [0.25, 0.3) is 0 Å². The van der Waals surface area contributed by atoms with Crippen LogP contribution in [0.4, 0.5) is 0 Å². The fourth-order valence-corrected chi connectivity index (χ4v) is 2.40. The molecule has 106 valence electrons. The van der Waals surface area contributed by atoms with E-state index in [2.05, 4.69) is 29.7 Å². The largest absolute Gasteiger partial charge is 0.353 e. The Morgan fingerprint density at radius 1 is 1.32 bits per heavy atom. The van der Waals surface area contributed by atoms with Crippen molar-refractivity contribution in [2.24, 2.45) is 0 Å².